The first-order valence-corrected chi connectivity index (χ1v) is 5.55. The Morgan fingerprint density at radius 3 is 2.75 bits per heavy atom. The molecule has 0 amide bonds. The van der Waals surface area contributed by atoms with Crippen molar-refractivity contribution in [2.45, 2.75) is 30.0 Å². The standard InChI is InChI=1S/C8H15NO2S/c1-12-8(2-3-8)7-10-5-6(4-9)11-7/h6-7H,2-5,9H2,1H3. The van der Waals surface area contributed by atoms with E-state index in [-0.39, 0.29) is 17.1 Å². The predicted molar refractivity (Wildman–Crippen MR) is 49.1 cm³/mol. The molecule has 1 heterocycles. The van der Waals surface area contributed by atoms with Crippen LogP contribution in [0.25, 0.3) is 0 Å². The number of nitrogens with two attached hydrogens (primary N) is 1. The summed E-state index contributed by atoms with van der Waals surface area (Å²) in [5.74, 6) is 0. The highest BCUT2D eigenvalue weighted by Crippen LogP contribution is 2.52. The molecule has 2 atom stereocenters. The molecule has 2 fully saturated rings. The highest BCUT2D eigenvalue weighted by atomic mass is 32.2. The summed E-state index contributed by atoms with van der Waals surface area (Å²) in [6, 6.07) is 0. The van der Waals surface area contributed by atoms with E-state index in [2.05, 4.69) is 6.26 Å². The predicted octanol–water partition coefficient (Wildman–Crippen LogP) is 0.582. The topological polar surface area (TPSA) is 44.5 Å². The number of rotatable bonds is 3. The zero-order valence-corrected chi connectivity index (χ0v) is 8.10. The van der Waals surface area contributed by atoms with Crippen molar-refractivity contribution in [1.29, 1.82) is 0 Å². The van der Waals surface area contributed by atoms with Crippen LogP contribution in [-0.4, -0.2) is 36.5 Å². The average Bonchev–Trinajstić information content (AvgIpc) is 2.77. The number of hydrogen-bond acceptors (Lipinski definition) is 4. The van der Waals surface area contributed by atoms with Gasteiger partial charge in [0, 0.05) is 6.54 Å². The summed E-state index contributed by atoms with van der Waals surface area (Å²) in [7, 11) is 0. The van der Waals surface area contributed by atoms with Gasteiger partial charge in [0.15, 0.2) is 6.29 Å². The van der Waals surface area contributed by atoms with Crippen LogP contribution in [0.4, 0.5) is 0 Å². The summed E-state index contributed by atoms with van der Waals surface area (Å²) in [4.78, 5) is 0. The zero-order chi connectivity index (χ0) is 8.60. The van der Waals surface area contributed by atoms with Crippen molar-refractivity contribution in [3.63, 3.8) is 0 Å². The van der Waals surface area contributed by atoms with E-state index in [4.69, 9.17) is 15.2 Å². The SMILES string of the molecule is CSC1(C2OCC(CN)O2)CC1. The van der Waals surface area contributed by atoms with Gasteiger partial charge in [-0.15, -0.1) is 0 Å². The second-order valence-electron chi connectivity index (χ2n) is 3.43. The minimum Gasteiger partial charge on any atom is -0.348 e. The normalized spacial score (nSPS) is 38.5. The quantitative estimate of drug-likeness (QED) is 0.705. The third-order valence-electron chi connectivity index (χ3n) is 2.59. The maximum absolute atomic E-state index is 5.66. The van der Waals surface area contributed by atoms with Crippen molar-refractivity contribution in [1.82, 2.24) is 0 Å². The van der Waals surface area contributed by atoms with Gasteiger partial charge in [-0.1, -0.05) is 0 Å². The molecule has 1 saturated heterocycles. The van der Waals surface area contributed by atoms with Crippen molar-refractivity contribution < 1.29 is 9.47 Å². The fourth-order valence-corrected chi connectivity index (χ4v) is 2.33. The minimum atomic E-state index is 0.000972. The summed E-state index contributed by atoms with van der Waals surface area (Å²) in [5.41, 5.74) is 5.49. The second-order valence-corrected chi connectivity index (χ2v) is 4.65. The van der Waals surface area contributed by atoms with Crippen LogP contribution in [0.5, 0.6) is 0 Å². The molecule has 2 unspecified atom stereocenters. The Balaban J connectivity index is 1.90. The first-order chi connectivity index (χ1) is 5.80. The lowest BCUT2D eigenvalue weighted by Crippen LogP contribution is -2.28. The lowest BCUT2D eigenvalue weighted by atomic mass is 10.4. The first kappa shape index (κ1) is 8.81. The molecule has 0 spiro atoms. The molecule has 12 heavy (non-hydrogen) atoms. The third kappa shape index (κ3) is 1.37. The molecule has 3 nitrogen and oxygen atoms in total. The molecule has 70 valence electrons. The van der Waals surface area contributed by atoms with Crippen LogP contribution in [0.15, 0.2) is 0 Å². The highest BCUT2D eigenvalue weighted by Gasteiger charge is 2.53. The van der Waals surface area contributed by atoms with Gasteiger partial charge in [-0.3, -0.25) is 0 Å². The van der Waals surface area contributed by atoms with Crippen LogP contribution in [0, 0.1) is 0 Å². The molecule has 0 bridgehead atoms. The summed E-state index contributed by atoms with van der Waals surface area (Å²) >= 11 is 1.86. The third-order valence-corrected chi connectivity index (χ3v) is 4.01. The fourth-order valence-electron chi connectivity index (χ4n) is 1.51. The molecule has 0 aromatic heterocycles. The molecule has 0 aromatic rings. The molecular weight excluding hydrogens is 174 g/mol. The van der Waals surface area contributed by atoms with Gasteiger partial charge in [-0.25, -0.2) is 0 Å². The summed E-state index contributed by atoms with van der Waals surface area (Å²) in [6.45, 7) is 1.24. The van der Waals surface area contributed by atoms with Gasteiger partial charge in [0.1, 0.15) is 0 Å². The van der Waals surface area contributed by atoms with Crippen LogP contribution in [-0.2, 0) is 9.47 Å². The van der Waals surface area contributed by atoms with Gasteiger partial charge in [-0.05, 0) is 19.1 Å². The number of ether oxygens (including phenoxy) is 2. The Labute approximate surface area is 77.0 Å². The molecule has 2 rings (SSSR count). The molecular formula is C8H15NO2S. The van der Waals surface area contributed by atoms with E-state index < -0.39 is 0 Å². The molecule has 4 heteroatoms. The van der Waals surface area contributed by atoms with Gasteiger partial charge < -0.3 is 15.2 Å². The van der Waals surface area contributed by atoms with E-state index >= 15 is 0 Å². The van der Waals surface area contributed by atoms with Crippen molar-refractivity contribution in [3.05, 3.63) is 0 Å². The van der Waals surface area contributed by atoms with Gasteiger partial charge in [-0.2, -0.15) is 11.8 Å². The van der Waals surface area contributed by atoms with Crippen molar-refractivity contribution in [2.24, 2.45) is 5.73 Å². The maximum Gasteiger partial charge on any atom is 0.172 e. The molecule has 2 N–H and O–H groups in total. The average molecular weight is 189 g/mol. The van der Waals surface area contributed by atoms with E-state index in [1.54, 1.807) is 0 Å². The van der Waals surface area contributed by atoms with Gasteiger partial charge in [0.25, 0.3) is 0 Å². The van der Waals surface area contributed by atoms with Crippen molar-refractivity contribution in [3.8, 4) is 0 Å². The van der Waals surface area contributed by atoms with Crippen molar-refractivity contribution in [2.75, 3.05) is 19.4 Å². The molecule has 1 aliphatic heterocycles. The fraction of sp³-hybridized carbons (Fsp3) is 1.00. The van der Waals surface area contributed by atoms with Crippen LogP contribution < -0.4 is 5.73 Å². The molecule has 0 aromatic carbocycles. The van der Waals surface area contributed by atoms with Crippen molar-refractivity contribution >= 4 is 11.8 Å². The van der Waals surface area contributed by atoms with E-state index in [1.165, 1.54) is 12.8 Å². The Morgan fingerprint density at radius 2 is 2.33 bits per heavy atom. The highest BCUT2D eigenvalue weighted by molar-refractivity contribution is 8.00. The van der Waals surface area contributed by atoms with Gasteiger partial charge in [0.05, 0.1) is 17.5 Å². The zero-order valence-electron chi connectivity index (χ0n) is 7.29. The molecule has 1 saturated carbocycles. The Kier molecular flexibility index (Phi) is 2.33. The molecule has 0 radical (unpaired) electrons. The van der Waals surface area contributed by atoms with Gasteiger partial charge >= 0.3 is 0 Å². The van der Waals surface area contributed by atoms with Crippen LogP contribution in [0.2, 0.25) is 0 Å². The van der Waals surface area contributed by atoms with E-state index in [0.29, 0.717) is 13.2 Å². The smallest absolute Gasteiger partial charge is 0.172 e. The molecule has 1 aliphatic carbocycles. The van der Waals surface area contributed by atoms with Crippen LogP contribution in [0.3, 0.4) is 0 Å². The van der Waals surface area contributed by atoms with Gasteiger partial charge in [0.2, 0.25) is 0 Å². The Morgan fingerprint density at radius 1 is 1.58 bits per heavy atom. The Hall–Kier alpha value is 0.230. The monoisotopic (exact) mass is 189 g/mol. The Bertz CT molecular complexity index is 172. The second kappa shape index (κ2) is 3.18. The minimum absolute atomic E-state index is 0.000972. The largest absolute Gasteiger partial charge is 0.348 e. The van der Waals surface area contributed by atoms with E-state index in [1.807, 2.05) is 11.8 Å². The lowest BCUT2D eigenvalue weighted by Gasteiger charge is -2.19. The number of thioether (sulfide) groups is 1. The van der Waals surface area contributed by atoms with Crippen LogP contribution >= 0.6 is 11.8 Å². The van der Waals surface area contributed by atoms with E-state index in [9.17, 15) is 0 Å². The molecule has 2 aliphatic rings. The summed E-state index contributed by atoms with van der Waals surface area (Å²) in [5, 5.41) is 0. The first-order valence-electron chi connectivity index (χ1n) is 4.33. The maximum atomic E-state index is 5.66. The number of hydrogen-bond donors (Lipinski definition) is 1. The van der Waals surface area contributed by atoms with Crippen LogP contribution in [0.1, 0.15) is 12.8 Å². The van der Waals surface area contributed by atoms with E-state index in [0.717, 1.165) is 0 Å². The summed E-state index contributed by atoms with van der Waals surface area (Å²) < 4.78 is 11.5. The lowest BCUT2D eigenvalue weighted by molar-refractivity contribution is -0.0612. The summed E-state index contributed by atoms with van der Waals surface area (Å²) in [6.07, 6.45) is 4.68.